The fourth-order valence-electron chi connectivity index (χ4n) is 1.90. The van der Waals surface area contributed by atoms with Crippen LogP contribution < -0.4 is 0 Å². The normalized spacial score (nSPS) is 14.5. The van der Waals surface area contributed by atoms with Crippen LogP contribution in [0.5, 0.6) is 5.75 Å². The van der Waals surface area contributed by atoms with Gasteiger partial charge in [0.05, 0.1) is 0 Å². The highest BCUT2D eigenvalue weighted by molar-refractivity contribution is 5.33. The highest BCUT2D eigenvalue weighted by atomic mass is 16.3. The van der Waals surface area contributed by atoms with E-state index in [0.29, 0.717) is 11.4 Å². The van der Waals surface area contributed by atoms with Crippen LogP contribution >= 0.6 is 0 Å². The van der Waals surface area contributed by atoms with Crippen molar-refractivity contribution in [2.75, 3.05) is 0 Å². The van der Waals surface area contributed by atoms with Crippen LogP contribution in [0.25, 0.3) is 0 Å². The summed E-state index contributed by atoms with van der Waals surface area (Å²) in [7, 11) is 0. The van der Waals surface area contributed by atoms with Gasteiger partial charge in [-0.15, -0.1) is 0 Å². The van der Waals surface area contributed by atoms with Crippen molar-refractivity contribution in [1.82, 2.24) is 9.55 Å². The molecule has 4 heteroatoms. The maximum atomic E-state index is 10.6. The molecule has 0 spiro atoms. The highest BCUT2D eigenvalue weighted by Gasteiger charge is 2.29. The molecule has 0 aliphatic heterocycles. The van der Waals surface area contributed by atoms with Crippen LogP contribution in [0.4, 0.5) is 0 Å². The molecule has 0 radical (unpaired) electrons. The molecule has 1 unspecified atom stereocenters. The third-order valence-electron chi connectivity index (χ3n) is 2.92. The molecule has 1 aromatic heterocycles. The average molecular weight is 232 g/mol. The molecule has 1 aromatic carbocycles. The number of benzene rings is 1. The first-order chi connectivity index (χ1) is 8.05. The van der Waals surface area contributed by atoms with E-state index in [0.717, 1.165) is 6.54 Å². The Morgan fingerprint density at radius 2 is 1.94 bits per heavy atom. The van der Waals surface area contributed by atoms with E-state index >= 15 is 0 Å². The first-order valence-electron chi connectivity index (χ1n) is 5.59. The third-order valence-corrected chi connectivity index (χ3v) is 2.92. The minimum Gasteiger partial charge on any atom is -0.508 e. The van der Waals surface area contributed by atoms with Crippen molar-refractivity contribution in [1.29, 1.82) is 0 Å². The fourth-order valence-corrected chi connectivity index (χ4v) is 1.90. The minimum absolute atomic E-state index is 0.184. The second-order valence-electron chi connectivity index (χ2n) is 4.16. The molecular weight excluding hydrogens is 216 g/mol. The molecular formula is C13H16N2O2. The molecule has 17 heavy (non-hydrogen) atoms. The smallest absolute Gasteiger partial charge is 0.145 e. The van der Waals surface area contributed by atoms with Crippen molar-refractivity contribution in [2.45, 2.75) is 26.0 Å². The van der Waals surface area contributed by atoms with Crippen LogP contribution in [0.3, 0.4) is 0 Å². The van der Waals surface area contributed by atoms with E-state index in [-0.39, 0.29) is 5.75 Å². The summed E-state index contributed by atoms with van der Waals surface area (Å²) in [5.41, 5.74) is -0.455. The number of phenols is 1. The molecule has 0 amide bonds. The van der Waals surface area contributed by atoms with Crippen LogP contribution in [0, 0.1) is 0 Å². The summed E-state index contributed by atoms with van der Waals surface area (Å²) in [6.07, 6.45) is 3.51. The summed E-state index contributed by atoms with van der Waals surface area (Å²) in [6, 6.07) is 6.51. The Labute approximate surface area is 100 Å². The number of hydrogen-bond acceptors (Lipinski definition) is 3. The molecule has 90 valence electrons. The summed E-state index contributed by atoms with van der Waals surface area (Å²) in [5, 5.41) is 19.8. The summed E-state index contributed by atoms with van der Waals surface area (Å²) in [5.74, 6) is 0.786. The minimum atomic E-state index is -1.16. The zero-order valence-corrected chi connectivity index (χ0v) is 9.96. The lowest BCUT2D eigenvalue weighted by Crippen LogP contribution is -2.27. The van der Waals surface area contributed by atoms with Crippen LogP contribution in [0.1, 0.15) is 25.2 Å². The molecule has 2 rings (SSSR count). The Morgan fingerprint density at radius 3 is 2.53 bits per heavy atom. The Bertz CT molecular complexity index is 500. The number of hydrogen-bond donors (Lipinski definition) is 2. The largest absolute Gasteiger partial charge is 0.508 e. The SMILES string of the molecule is CCn1ccnc1C(C)(O)c1ccc(O)cc1. The number of rotatable bonds is 3. The van der Waals surface area contributed by atoms with Crippen molar-refractivity contribution in [3.05, 3.63) is 48.0 Å². The molecule has 0 bridgehead atoms. The summed E-state index contributed by atoms with van der Waals surface area (Å²) < 4.78 is 1.90. The molecule has 2 aromatic rings. The molecule has 0 fully saturated rings. The summed E-state index contributed by atoms with van der Waals surface area (Å²) in [6.45, 7) is 4.45. The maximum Gasteiger partial charge on any atom is 0.145 e. The van der Waals surface area contributed by atoms with Crippen LogP contribution in [-0.2, 0) is 12.1 Å². The van der Waals surface area contributed by atoms with Crippen LogP contribution in [-0.4, -0.2) is 19.8 Å². The van der Waals surface area contributed by atoms with Gasteiger partial charge in [-0.1, -0.05) is 12.1 Å². The first kappa shape index (κ1) is 11.7. The van der Waals surface area contributed by atoms with Crippen LogP contribution in [0.15, 0.2) is 36.7 Å². The number of aryl methyl sites for hydroxylation is 1. The van der Waals surface area contributed by atoms with Crippen molar-refractivity contribution >= 4 is 0 Å². The first-order valence-corrected chi connectivity index (χ1v) is 5.59. The molecule has 1 atom stereocenters. The maximum absolute atomic E-state index is 10.6. The van der Waals surface area contributed by atoms with E-state index in [4.69, 9.17) is 0 Å². The van der Waals surface area contributed by atoms with E-state index < -0.39 is 5.60 Å². The molecule has 0 saturated heterocycles. The standard InChI is InChI=1S/C13H16N2O2/c1-3-15-9-8-14-12(15)13(2,17)10-4-6-11(16)7-5-10/h4-9,16-17H,3H2,1-2H3. The number of phenolic OH excluding ortho intramolecular Hbond substituents is 1. The second kappa shape index (κ2) is 4.22. The number of aromatic nitrogens is 2. The van der Waals surface area contributed by atoms with Gasteiger partial charge in [0.2, 0.25) is 0 Å². The van der Waals surface area contributed by atoms with Gasteiger partial charge in [0.1, 0.15) is 17.2 Å². The quantitative estimate of drug-likeness (QED) is 0.849. The van der Waals surface area contributed by atoms with E-state index in [2.05, 4.69) is 4.98 Å². The topological polar surface area (TPSA) is 58.3 Å². The van der Waals surface area contributed by atoms with E-state index in [9.17, 15) is 10.2 Å². The number of nitrogens with zero attached hydrogens (tertiary/aromatic N) is 2. The van der Waals surface area contributed by atoms with Gasteiger partial charge < -0.3 is 14.8 Å². The summed E-state index contributed by atoms with van der Waals surface area (Å²) >= 11 is 0. The Balaban J connectivity index is 2.45. The Kier molecular flexibility index (Phi) is 2.90. The molecule has 0 aliphatic carbocycles. The third kappa shape index (κ3) is 2.03. The van der Waals surface area contributed by atoms with Gasteiger partial charge in [0.25, 0.3) is 0 Å². The zero-order chi connectivity index (χ0) is 12.5. The lowest BCUT2D eigenvalue weighted by molar-refractivity contribution is 0.0881. The van der Waals surface area contributed by atoms with Crippen molar-refractivity contribution in [3.63, 3.8) is 0 Å². The average Bonchev–Trinajstić information content (AvgIpc) is 2.78. The molecule has 0 saturated carbocycles. The Morgan fingerprint density at radius 1 is 1.29 bits per heavy atom. The van der Waals surface area contributed by atoms with Gasteiger partial charge in [-0.05, 0) is 31.5 Å². The molecule has 1 heterocycles. The fraction of sp³-hybridized carbons (Fsp3) is 0.308. The lowest BCUT2D eigenvalue weighted by Gasteiger charge is -2.24. The number of aliphatic hydroxyl groups is 1. The van der Waals surface area contributed by atoms with Crippen molar-refractivity contribution in [2.24, 2.45) is 0 Å². The van der Waals surface area contributed by atoms with Crippen LogP contribution in [0.2, 0.25) is 0 Å². The monoisotopic (exact) mass is 232 g/mol. The zero-order valence-electron chi connectivity index (χ0n) is 9.96. The van der Waals surface area contributed by atoms with E-state index in [1.54, 1.807) is 37.4 Å². The number of aromatic hydroxyl groups is 1. The van der Waals surface area contributed by atoms with Gasteiger partial charge in [-0.2, -0.15) is 0 Å². The number of imidazole rings is 1. The molecule has 4 nitrogen and oxygen atoms in total. The van der Waals surface area contributed by atoms with Crippen molar-refractivity contribution < 1.29 is 10.2 Å². The predicted octanol–water partition coefficient (Wildman–Crippen LogP) is 1.86. The van der Waals surface area contributed by atoms with Crippen molar-refractivity contribution in [3.8, 4) is 5.75 Å². The van der Waals surface area contributed by atoms with Gasteiger partial charge >= 0.3 is 0 Å². The molecule has 2 N–H and O–H groups in total. The highest BCUT2D eigenvalue weighted by Crippen LogP contribution is 2.28. The Hall–Kier alpha value is -1.81. The summed E-state index contributed by atoms with van der Waals surface area (Å²) in [4.78, 5) is 4.21. The van der Waals surface area contributed by atoms with Gasteiger partial charge in [0, 0.05) is 18.9 Å². The second-order valence-corrected chi connectivity index (χ2v) is 4.16. The molecule has 0 aliphatic rings. The van der Waals surface area contributed by atoms with Gasteiger partial charge in [-0.3, -0.25) is 0 Å². The lowest BCUT2D eigenvalue weighted by atomic mass is 9.95. The van der Waals surface area contributed by atoms with E-state index in [1.807, 2.05) is 17.7 Å². The van der Waals surface area contributed by atoms with Gasteiger partial charge in [0.15, 0.2) is 0 Å². The van der Waals surface area contributed by atoms with E-state index in [1.165, 1.54) is 0 Å². The predicted molar refractivity (Wildman–Crippen MR) is 64.7 cm³/mol. The van der Waals surface area contributed by atoms with Gasteiger partial charge in [-0.25, -0.2) is 4.98 Å².